The first-order valence-electron chi connectivity index (χ1n) is 11.8. The fraction of sp³-hybridized carbons (Fsp3) is 0.583. The lowest BCUT2D eigenvalue weighted by Gasteiger charge is -2.42. The summed E-state index contributed by atoms with van der Waals surface area (Å²) < 4.78 is 6.59. The normalized spacial score (nSPS) is 21.8. The number of aliphatic hydroxyl groups excluding tert-OH is 1. The molecule has 0 bridgehead atoms. The Bertz CT molecular complexity index is 1150. The molecule has 3 heterocycles. The summed E-state index contributed by atoms with van der Waals surface area (Å²) in [5.74, 6) is 1.79. The molecule has 3 aromatic rings. The molecule has 0 radical (unpaired) electrons. The molecule has 8 nitrogen and oxygen atoms in total. The Hall–Kier alpha value is -2.36. The zero-order valence-electron chi connectivity index (χ0n) is 19.5. The molecule has 0 aromatic carbocycles. The van der Waals surface area contributed by atoms with E-state index >= 15 is 0 Å². The molecule has 2 atom stereocenters. The van der Waals surface area contributed by atoms with Gasteiger partial charge in [-0.3, -0.25) is 4.98 Å². The van der Waals surface area contributed by atoms with Crippen LogP contribution in [0.3, 0.4) is 0 Å². The van der Waals surface area contributed by atoms with Gasteiger partial charge in [-0.15, -0.1) is 11.3 Å². The minimum Gasteiger partial charge on any atom is -0.396 e. The van der Waals surface area contributed by atoms with Crippen LogP contribution in [0.15, 0.2) is 12.3 Å². The van der Waals surface area contributed by atoms with E-state index in [0.29, 0.717) is 18.5 Å². The number of methoxy groups -OCH3 is 1. The largest absolute Gasteiger partial charge is 0.396 e. The van der Waals surface area contributed by atoms with Crippen LogP contribution in [0.4, 0.5) is 11.8 Å². The van der Waals surface area contributed by atoms with Gasteiger partial charge >= 0.3 is 0 Å². The number of aryl methyl sites for hydroxylation is 2. The second-order valence-corrected chi connectivity index (χ2v) is 10.5. The number of rotatable bonds is 8. The number of aromatic nitrogens is 4. The smallest absolute Gasteiger partial charge is 0.225 e. The number of hydrogen-bond donors (Lipinski definition) is 3. The van der Waals surface area contributed by atoms with E-state index in [-0.39, 0.29) is 18.2 Å². The van der Waals surface area contributed by atoms with E-state index in [4.69, 9.17) is 19.7 Å². The van der Waals surface area contributed by atoms with E-state index in [0.717, 1.165) is 70.1 Å². The number of nitrogens with one attached hydrogen (secondary N) is 2. The van der Waals surface area contributed by atoms with Crippen molar-refractivity contribution in [2.75, 3.05) is 31.0 Å². The summed E-state index contributed by atoms with van der Waals surface area (Å²) in [5.41, 5.74) is 3.61. The van der Waals surface area contributed by atoms with Crippen molar-refractivity contribution in [3.05, 3.63) is 23.7 Å². The summed E-state index contributed by atoms with van der Waals surface area (Å²) in [7, 11) is 1.74. The molecule has 2 unspecified atom stereocenters. The third-order valence-corrected chi connectivity index (χ3v) is 8.08. The number of thiazole rings is 1. The molecule has 33 heavy (non-hydrogen) atoms. The van der Waals surface area contributed by atoms with Crippen molar-refractivity contribution in [3.63, 3.8) is 0 Å². The Morgan fingerprint density at radius 3 is 2.70 bits per heavy atom. The van der Waals surface area contributed by atoms with Crippen LogP contribution in [0.5, 0.6) is 0 Å². The molecule has 3 N–H and O–H groups in total. The zero-order chi connectivity index (χ0) is 23.0. The van der Waals surface area contributed by atoms with Crippen molar-refractivity contribution in [2.45, 2.75) is 64.0 Å². The van der Waals surface area contributed by atoms with Gasteiger partial charge in [0, 0.05) is 26.0 Å². The van der Waals surface area contributed by atoms with Crippen molar-refractivity contribution in [3.8, 4) is 10.6 Å². The number of ether oxygens (including phenoxy) is 1. The molecule has 2 aliphatic rings. The van der Waals surface area contributed by atoms with Crippen LogP contribution in [0.2, 0.25) is 0 Å². The SMILES string of the molecule is COCC1(Nc2nc(C)c(-c3nc4c(C)nccc4s3)c(NC3CCC(CO)C3)n2)CCC1. The molecular formula is C24H32N6O2S. The van der Waals surface area contributed by atoms with Crippen molar-refractivity contribution in [1.29, 1.82) is 0 Å². The Morgan fingerprint density at radius 2 is 2.03 bits per heavy atom. The van der Waals surface area contributed by atoms with Gasteiger partial charge in [0.2, 0.25) is 5.95 Å². The molecule has 2 fully saturated rings. The monoisotopic (exact) mass is 468 g/mol. The lowest BCUT2D eigenvalue weighted by Crippen LogP contribution is -2.49. The molecule has 3 aromatic heterocycles. The van der Waals surface area contributed by atoms with E-state index in [1.165, 1.54) is 6.42 Å². The van der Waals surface area contributed by atoms with Gasteiger partial charge in [-0.1, -0.05) is 0 Å². The second kappa shape index (κ2) is 9.12. The van der Waals surface area contributed by atoms with Crippen LogP contribution in [0, 0.1) is 19.8 Å². The third kappa shape index (κ3) is 4.41. The summed E-state index contributed by atoms with van der Waals surface area (Å²) in [4.78, 5) is 19.1. The Labute approximate surface area is 198 Å². The summed E-state index contributed by atoms with van der Waals surface area (Å²) >= 11 is 1.65. The van der Waals surface area contributed by atoms with E-state index in [9.17, 15) is 5.11 Å². The second-order valence-electron chi connectivity index (χ2n) is 9.51. The van der Waals surface area contributed by atoms with Crippen LogP contribution in [0.1, 0.15) is 49.9 Å². The summed E-state index contributed by atoms with van der Waals surface area (Å²) in [6, 6.07) is 2.29. The van der Waals surface area contributed by atoms with Gasteiger partial charge in [-0.2, -0.15) is 4.98 Å². The van der Waals surface area contributed by atoms with Crippen LogP contribution in [-0.2, 0) is 4.74 Å². The first kappa shape index (κ1) is 22.4. The number of aliphatic hydroxyl groups is 1. The number of anilines is 2. The van der Waals surface area contributed by atoms with E-state index in [2.05, 4.69) is 15.6 Å². The average Bonchev–Trinajstić information content (AvgIpc) is 3.39. The van der Waals surface area contributed by atoms with Crippen molar-refractivity contribution < 1.29 is 9.84 Å². The van der Waals surface area contributed by atoms with Gasteiger partial charge in [0.1, 0.15) is 16.3 Å². The highest BCUT2D eigenvalue weighted by Gasteiger charge is 2.38. The molecule has 2 saturated carbocycles. The predicted molar refractivity (Wildman–Crippen MR) is 132 cm³/mol. The number of pyridine rings is 1. The fourth-order valence-electron chi connectivity index (χ4n) is 5.07. The summed E-state index contributed by atoms with van der Waals surface area (Å²) in [6.45, 7) is 4.90. The van der Waals surface area contributed by atoms with Gasteiger partial charge in [-0.25, -0.2) is 9.97 Å². The Morgan fingerprint density at radius 1 is 1.18 bits per heavy atom. The van der Waals surface area contributed by atoms with Crippen LogP contribution < -0.4 is 10.6 Å². The molecule has 0 aliphatic heterocycles. The molecule has 176 valence electrons. The molecule has 0 spiro atoms. The van der Waals surface area contributed by atoms with Gasteiger partial charge in [0.15, 0.2) is 0 Å². The summed E-state index contributed by atoms with van der Waals surface area (Å²) in [5, 5.41) is 17.8. The maximum absolute atomic E-state index is 9.60. The first-order chi connectivity index (χ1) is 16.0. The third-order valence-electron chi connectivity index (χ3n) is 7.04. The Balaban J connectivity index is 1.54. The van der Waals surface area contributed by atoms with Crippen molar-refractivity contribution >= 4 is 33.3 Å². The zero-order valence-corrected chi connectivity index (χ0v) is 20.3. The minimum atomic E-state index is -0.0893. The number of hydrogen-bond acceptors (Lipinski definition) is 9. The van der Waals surface area contributed by atoms with Gasteiger partial charge in [0.25, 0.3) is 0 Å². The highest BCUT2D eigenvalue weighted by Crippen LogP contribution is 2.40. The molecule has 2 aliphatic carbocycles. The molecule has 0 amide bonds. The fourth-order valence-corrected chi connectivity index (χ4v) is 6.18. The molecule has 9 heteroatoms. The van der Waals surface area contributed by atoms with Crippen molar-refractivity contribution in [2.24, 2.45) is 5.92 Å². The lowest BCUT2D eigenvalue weighted by atomic mass is 9.77. The van der Waals surface area contributed by atoms with Crippen LogP contribution in [0.25, 0.3) is 20.8 Å². The van der Waals surface area contributed by atoms with Gasteiger partial charge in [-0.05, 0) is 64.4 Å². The highest BCUT2D eigenvalue weighted by molar-refractivity contribution is 7.21. The predicted octanol–water partition coefficient (Wildman–Crippen LogP) is 4.32. The van der Waals surface area contributed by atoms with Crippen LogP contribution >= 0.6 is 11.3 Å². The topological polar surface area (TPSA) is 105 Å². The molecule has 0 saturated heterocycles. The van der Waals surface area contributed by atoms with Gasteiger partial charge in [0.05, 0.1) is 33.8 Å². The van der Waals surface area contributed by atoms with E-state index < -0.39 is 0 Å². The maximum Gasteiger partial charge on any atom is 0.225 e. The summed E-state index contributed by atoms with van der Waals surface area (Å²) in [6.07, 6.45) is 8.11. The number of nitrogens with zero attached hydrogens (tertiary/aromatic N) is 4. The van der Waals surface area contributed by atoms with Gasteiger partial charge < -0.3 is 20.5 Å². The average molecular weight is 469 g/mol. The molecule has 5 rings (SSSR count). The van der Waals surface area contributed by atoms with Crippen LogP contribution in [-0.4, -0.2) is 56.9 Å². The van der Waals surface area contributed by atoms with E-state index in [1.54, 1.807) is 18.4 Å². The van der Waals surface area contributed by atoms with E-state index in [1.807, 2.05) is 26.1 Å². The standard InChI is InChI=1S/C24H32N6O2S/c1-14-19(22-28-20-15(2)25-10-7-18(20)33-22)21(27-17-6-5-16(11-17)12-31)29-23(26-14)30-24(13-32-3)8-4-9-24/h7,10,16-17,31H,4-6,8-9,11-13H2,1-3H3,(H2,26,27,29,30). The van der Waals surface area contributed by atoms with Crippen molar-refractivity contribution in [1.82, 2.24) is 19.9 Å². The molecular weight excluding hydrogens is 436 g/mol. The maximum atomic E-state index is 9.60. The Kier molecular flexibility index (Phi) is 6.20. The quantitative estimate of drug-likeness (QED) is 0.449. The number of fused-ring (bicyclic) bond motifs is 1. The minimum absolute atomic E-state index is 0.0893. The highest BCUT2D eigenvalue weighted by atomic mass is 32.1. The lowest BCUT2D eigenvalue weighted by molar-refractivity contribution is 0.0978. The first-order valence-corrected chi connectivity index (χ1v) is 12.6.